The number of carbonyl (C=O) groups excluding carboxylic acids is 1. The van der Waals surface area contributed by atoms with E-state index in [0.717, 1.165) is 12.3 Å². The second-order valence-corrected chi connectivity index (χ2v) is 5.09. The molecule has 0 saturated heterocycles. The van der Waals surface area contributed by atoms with Crippen molar-refractivity contribution in [3.05, 3.63) is 35.9 Å². The lowest BCUT2D eigenvalue weighted by Crippen LogP contribution is -2.36. The number of nitrogens with one attached hydrogen (secondary N) is 2. The smallest absolute Gasteiger partial charge is 0.234 e. The predicted octanol–water partition coefficient (Wildman–Crippen LogP) is 2.68. The van der Waals surface area contributed by atoms with Gasteiger partial charge in [-0.2, -0.15) is 0 Å². The summed E-state index contributed by atoms with van der Waals surface area (Å²) in [5.74, 6) is 0.857. The highest BCUT2D eigenvalue weighted by molar-refractivity contribution is 5.85. The zero-order valence-corrected chi connectivity index (χ0v) is 12.2. The van der Waals surface area contributed by atoms with E-state index in [1.54, 1.807) is 7.05 Å². The van der Waals surface area contributed by atoms with E-state index in [-0.39, 0.29) is 24.4 Å². The van der Waals surface area contributed by atoms with Crippen molar-refractivity contribution in [1.82, 2.24) is 10.6 Å². The van der Waals surface area contributed by atoms with Crippen LogP contribution in [-0.4, -0.2) is 19.5 Å². The maximum Gasteiger partial charge on any atom is 0.234 e. The molecule has 0 aromatic heterocycles. The summed E-state index contributed by atoms with van der Waals surface area (Å²) in [5, 5.41) is 6.03. The van der Waals surface area contributed by atoms with E-state index in [1.807, 2.05) is 18.2 Å². The summed E-state index contributed by atoms with van der Waals surface area (Å²) in [5.41, 5.74) is 1.22. The van der Waals surface area contributed by atoms with Gasteiger partial charge in [-0.05, 0) is 24.9 Å². The average molecular weight is 283 g/mol. The molecule has 2 N–H and O–H groups in total. The Labute approximate surface area is 121 Å². The first-order valence-corrected chi connectivity index (χ1v) is 6.78. The molecule has 0 radical (unpaired) electrons. The van der Waals surface area contributed by atoms with E-state index in [4.69, 9.17) is 0 Å². The minimum absolute atomic E-state index is 0. The van der Waals surface area contributed by atoms with Crippen molar-refractivity contribution in [2.45, 2.75) is 31.7 Å². The highest BCUT2D eigenvalue weighted by atomic mass is 35.5. The molecule has 1 aliphatic rings. The first kappa shape index (κ1) is 16.0. The van der Waals surface area contributed by atoms with Crippen LogP contribution in [0.4, 0.5) is 0 Å². The molecule has 0 heterocycles. The third-order valence-electron chi connectivity index (χ3n) is 3.67. The van der Waals surface area contributed by atoms with Gasteiger partial charge in [-0.1, -0.05) is 49.6 Å². The summed E-state index contributed by atoms with van der Waals surface area (Å²) >= 11 is 0. The summed E-state index contributed by atoms with van der Waals surface area (Å²) in [6, 6.07) is 10.4. The van der Waals surface area contributed by atoms with Crippen LogP contribution in [0.3, 0.4) is 0 Å². The number of carbonyl (C=O) groups is 1. The van der Waals surface area contributed by atoms with E-state index in [9.17, 15) is 4.79 Å². The van der Waals surface area contributed by atoms with Gasteiger partial charge < -0.3 is 10.6 Å². The van der Waals surface area contributed by atoms with Gasteiger partial charge in [0.2, 0.25) is 5.91 Å². The van der Waals surface area contributed by atoms with Gasteiger partial charge in [0.15, 0.2) is 0 Å². The Balaban J connectivity index is 0.00000180. The lowest BCUT2D eigenvalue weighted by atomic mass is 9.79. The first-order chi connectivity index (χ1) is 8.79. The Bertz CT molecular complexity index is 379. The number of benzene rings is 1. The first-order valence-electron chi connectivity index (χ1n) is 6.78. The summed E-state index contributed by atoms with van der Waals surface area (Å²) in [7, 11) is 1.79. The zero-order chi connectivity index (χ0) is 12.8. The van der Waals surface area contributed by atoms with Crippen molar-refractivity contribution < 1.29 is 4.79 Å². The van der Waals surface area contributed by atoms with E-state index >= 15 is 0 Å². The van der Waals surface area contributed by atoms with E-state index in [0.29, 0.717) is 6.54 Å². The van der Waals surface area contributed by atoms with Gasteiger partial charge in [0.25, 0.3) is 0 Å². The molecule has 1 aliphatic carbocycles. The summed E-state index contributed by atoms with van der Waals surface area (Å²) in [6.07, 6.45) is 5.03. The maximum absolute atomic E-state index is 11.7. The summed E-state index contributed by atoms with van der Waals surface area (Å²) in [6.45, 7) is 0.383. The lowest BCUT2D eigenvalue weighted by Gasteiger charge is -2.30. The fraction of sp³-hybridized carbons (Fsp3) is 0.533. The molecule has 2 rings (SSSR count). The van der Waals surface area contributed by atoms with E-state index in [2.05, 4.69) is 22.8 Å². The maximum atomic E-state index is 11.7. The fourth-order valence-electron chi connectivity index (χ4n) is 2.43. The molecule has 3 nitrogen and oxygen atoms in total. The van der Waals surface area contributed by atoms with E-state index < -0.39 is 0 Å². The number of amides is 1. The molecule has 0 spiro atoms. The van der Waals surface area contributed by atoms with Crippen LogP contribution in [0.25, 0.3) is 0 Å². The van der Waals surface area contributed by atoms with Crippen LogP contribution in [0.1, 0.15) is 37.3 Å². The predicted molar refractivity (Wildman–Crippen MR) is 80.5 cm³/mol. The molecular formula is C15H23ClN2O. The highest BCUT2D eigenvalue weighted by Gasteiger charge is 2.23. The second-order valence-electron chi connectivity index (χ2n) is 5.09. The van der Waals surface area contributed by atoms with Gasteiger partial charge in [0.1, 0.15) is 0 Å². The van der Waals surface area contributed by atoms with Crippen LogP contribution in [0.5, 0.6) is 0 Å². The Morgan fingerprint density at radius 2 is 2.00 bits per heavy atom. The Morgan fingerprint density at radius 3 is 2.53 bits per heavy atom. The van der Waals surface area contributed by atoms with Gasteiger partial charge in [-0.3, -0.25) is 4.79 Å². The molecule has 0 aliphatic heterocycles. The standard InChI is InChI=1S/C15H22N2O.ClH/c1-16-11-15(18)17-14(10-12-6-5-7-12)13-8-3-2-4-9-13;/h2-4,8-9,12,14,16H,5-7,10-11H2,1H3,(H,17,18);1H. The molecule has 4 heteroatoms. The van der Waals surface area contributed by atoms with Crippen molar-refractivity contribution in [1.29, 1.82) is 0 Å². The van der Waals surface area contributed by atoms with Crippen molar-refractivity contribution in [3.8, 4) is 0 Å². The minimum Gasteiger partial charge on any atom is -0.348 e. The normalized spacial score (nSPS) is 16.1. The quantitative estimate of drug-likeness (QED) is 0.842. The number of hydrogen-bond acceptors (Lipinski definition) is 2. The number of likely N-dealkylation sites (N-methyl/N-ethyl adjacent to an activating group) is 1. The largest absolute Gasteiger partial charge is 0.348 e. The molecule has 1 atom stereocenters. The van der Waals surface area contributed by atoms with Crippen LogP contribution < -0.4 is 10.6 Å². The van der Waals surface area contributed by atoms with Gasteiger partial charge >= 0.3 is 0 Å². The van der Waals surface area contributed by atoms with Crippen LogP contribution in [0.2, 0.25) is 0 Å². The van der Waals surface area contributed by atoms with Crippen molar-refractivity contribution in [2.75, 3.05) is 13.6 Å². The number of halogens is 1. The fourth-order valence-corrected chi connectivity index (χ4v) is 2.43. The molecule has 1 unspecified atom stereocenters. The van der Waals surface area contributed by atoms with Crippen molar-refractivity contribution in [2.24, 2.45) is 5.92 Å². The summed E-state index contributed by atoms with van der Waals surface area (Å²) in [4.78, 5) is 11.7. The second kappa shape index (κ2) is 8.18. The molecule has 1 aromatic rings. The third kappa shape index (κ3) is 4.84. The topological polar surface area (TPSA) is 41.1 Å². The van der Waals surface area contributed by atoms with Crippen LogP contribution in [-0.2, 0) is 4.79 Å². The minimum atomic E-state index is 0. The Kier molecular flexibility index (Phi) is 6.89. The van der Waals surface area contributed by atoms with Gasteiger partial charge in [0.05, 0.1) is 12.6 Å². The monoisotopic (exact) mass is 282 g/mol. The van der Waals surface area contributed by atoms with Gasteiger partial charge in [0, 0.05) is 0 Å². The van der Waals surface area contributed by atoms with Crippen LogP contribution in [0, 0.1) is 5.92 Å². The molecule has 1 saturated carbocycles. The zero-order valence-electron chi connectivity index (χ0n) is 11.4. The van der Waals surface area contributed by atoms with Crippen LogP contribution >= 0.6 is 12.4 Å². The number of rotatable bonds is 6. The molecule has 1 amide bonds. The molecule has 19 heavy (non-hydrogen) atoms. The van der Waals surface area contributed by atoms with E-state index in [1.165, 1.54) is 24.8 Å². The van der Waals surface area contributed by atoms with Crippen molar-refractivity contribution in [3.63, 3.8) is 0 Å². The molecule has 0 bridgehead atoms. The molecule has 106 valence electrons. The van der Waals surface area contributed by atoms with Gasteiger partial charge in [-0.15, -0.1) is 12.4 Å². The highest BCUT2D eigenvalue weighted by Crippen LogP contribution is 2.34. The lowest BCUT2D eigenvalue weighted by molar-refractivity contribution is -0.121. The van der Waals surface area contributed by atoms with Crippen molar-refractivity contribution >= 4 is 18.3 Å². The van der Waals surface area contributed by atoms with Gasteiger partial charge in [-0.25, -0.2) is 0 Å². The van der Waals surface area contributed by atoms with Crippen LogP contribution in [0.15, 0.2) is 30.3 Å². The third-order valence-corrected chi connectivity index (χ3v) is 3.67. The molecular weight excluding hydrogens is 260 g/mol. The summed E-state index contributed by atoms with van der Waals surface area (Å²) < 4.78 is 0. The Morgan fingerprint density at radius 1 is 1.32 bits per heavy atom. The number of hydrogen-bond donors (Lipinski definition) is 2. The SMILES string of the molecule is CNCC(=O)NC(CC1CCC1)c1ccccc1.Cl. The molecule has 1 fully saturated rings. The average Bonchev–Trinajstić information content (AvgIpc) is 2.33. The molecule has 1 aromatic carbocycles. The Hall–Kier alpha value is -1.06.